The number of nitrogens with zero attached hydrogens (tertiary/aromatic N) is 1. The Balaban J connectivity index is 2.24. The minimum absolute atomic E-state index is 0.176. The third-order valence-corrected chi connectivity index (χ3v) is 3.44. The molecule has 0 saturated heterocycles. The van der Waals surface area contributed by atoms with Crippen LogP contribution in [0.15, 0.2) is 18.2 Å². The van der Waals surface area contributed by atoms with Crippen molar-refractivity contribution in [1.82, 2.24) is 4.90 Å². The van der Waals surface area contributed by atoms with Crippen LogP contribution in [0.25, 0.3) is 0 Å². The number of carboxylic acids is 1. The van der Waals surface area contributed by atoms with Crippen molar-refractivity contribution in [3.63, 3.8) is 0 Å². The molecule has 1 heterocycles. The number of fused-ring (bicyclic) bond motifs is 1. The highest BCUT2D eigenvalue weighted by Crippen LogP contribution is 2.32. The smallest absolute Gasteiger partial charge is 0.401 e. The van der Waals surface area contributed by atoms with Gasteiger partial charge in [-0.1, -0.05) is 6.07 Å². The number of carboxylic acid groups (broad SMARTS) is 1. The number of benzene rings is 1. The Kier molecular flexibility index (Phi) is 3.54. The van der Waals surface area contributed by atoms with E-state index in [1.165, 1.54) is 11.0 Å². The van der Waals surface area contributed by atoms with Crippen LogP contribution in [0.2, 0.25) is 0 Å². The largest absolute Gasteiger partial charge is 0.478 e. The van der Waals surface area contributed by atoms with Gasteiger partial charge in [-0.05, 0) is 36.6 Å². The summed E-state index contributed by atoms with van der Waals surface area (Å²) in [6.45, 7) is 1.06. The Hall–Kier alpha value is -1.56. The molecule has 0 bridgehead atoms. The van der Waals surface area contributed by atoms with E-state index in [9.17, 15) is 18.0 Å². The van der Waals surface area contributed by atoms with E-state index in [-0.39, 0.29) is 18.2 Å². The van der Waals surface area contributed by atoms with Crippen molar-refractivity contribution in [2.45, 2.75) is 25.6 Å². The van der Waals surface area contributed by atoms with E-state index in [1.54, 1.807) is 19.1 Å². The Morgan fingerprint density at radius 2 is 2.16 bits per heavy atom. The third-order valence-electron chi connectivity index (χ3n) is 3.44. The molecule has 1 aliphatic heterocycles. The lowest BCUT2D eigenvalue weighted by atomic mass is 9.92. The zero-order valence-corrected chi connectivity index (χ0v) is 10.4. The summed E-state index contributed by atoms with van der Waals surface area (Å²) in [6.07, 6.45) is -3.77. The van der Waals surface area contributed by atoms with Gasteiger partial charge in [0, 0.05) is 12.6 Å². The SMILES string of the molecule is CC1c2ccc(C(=O)O)cc2CCN1CC(F)(F)F. The first-order valence-electron chi connectivity index (χ1n) is 5.95. The zero-order valence-electron chi connectivity index (χ0n) is 10.4. The second-order valence-electron chi connectivity index (χ2n) is 4.73. The summed E-state index contributed by atoms with van der Waals surface area (Å²) in [5.74, 6) is -1.02. The van der Waals surface area contributed by atoms with Gasteiger partial charge < -0.3 is 5.11 Å². The van der Waals surface area contributed by atoms with E-state index in [2.05, 4.69) is 0 Å². The second kappa shape index (κ2) is 4.85. The fourth-order valence-electron chi connectivity index (χ4n) is 2.46. The van der Waals surface area contributed by atoms with E-state index in [4.69, 9.17) is 5.11 Å². The van der Waals surface area contributed by atoms with Crippen molar-refractivity contribution in [2.24, 2.45) is 0 Å². The number of hydrogen-bond acceptors (Lipinski definition) is 2. The molecule has 1 aromatic carbocycles. The van der Waals surface area contributed by atoms with Crippen LogP contribution >= 0.6 is 0 Å². The summed E-state index contributed by atoms with van der Waals surface area (Å²) in [5.41, 5.74) is 1.78. The lowest BCUT2D eigenvalue weighted by Crippen LogP contribution is -2.40. The van der Waals surface area contributed by atoms with E-state index >= 15 is 0 Å². The molecular formula is C13H14F3NO2. The van der Waals surface area contributed by atoms with E-state index < -0.39 is 18.7 Å². The zero-order chi connectivity index (χ0) is 14.2. The first-order valence-corrected chi connectivity index (χ1v) is 5.95. The van der Waals surface area contributed by atoms with Gasteiger partial charge in [0.25, 0.3) is 0 Å². The Morgan fingerprint density at radius 1 is 1.47 bits per heavy atom. The molecule has 2 rings (SSSR count). The van der Waals surface area contributed by atoms with Gasteiger partial charge in [0.1, 0.15) is 0 Å². The molecule has 6 heteroatoms. The molecule has 0 spiro atoms. The molecule has 1 atom stereocenters. The predicted octanol–water partition coefficient (Wildman–Crippen LogP) is 2.87. The maximum Gasteiger partial charge on any atom is 0.401 e. The predicted molar refractivity (Wildman–Crippen MR) is 63.1 cm³/mol. The first-order chi connectivity index (χ1) is 8.78. The van der Waals surface area contributed by atoms with Crippen LogP contribution in [0, 0.1) is 0 Å². The lowest BCUT2D eigenvalue weighted by Gasteiger charge is -2.35. The molecule has 1 aliphatic rings. The van der Waals surface area contributed by atoms with Crippen LogP contribution in [-0.2, 0) is 6.42 Å². The van der Waals surface area contributed by atoms with Gasteiger partial charge in [0.05, 0.1) is 12.1 Å². The molecule has 0 amide bonds. The van der Waals surface area contributed by atoms with Gasteiger partial charge in [0.15, 0.2) is 0 Å². The van der Waals surface area contributed by atoms with E-state index in [0.29, 0.717) is 6.42 Å². The van der Waals surface area contributed by atoms with Gasteiger partial charge in [0.2, 0.25) is 0 Å². The van der Waals surface area contributed by atoms with E-state index in [0.717, 1.165) is 11.1 Å². The molecule has 0 aromatic heterocycles. The summed E-state index contributed by atoms with van der Waals surface area (Å²) in [6, 6.07) is 4.26. The van der Waals surface area contributed by atoms with Crippen molar-refractivity contribution in [2.75, 3.05) is 13.1 Å². The Bertz CT molecular complexity index is 499. The topological polar surface area (TPSA) is 40.5 Å². The fraction of sp³-hybridized carbons (Fsp3) is 0.462. The average molecular weight is 273 g/mol. The average Bonchev–Trinajstić information content (AvgIpc) is 2.31. The van der Waals surface area contributed by atoms with Crippen molar-refractivity contribution in [1.29, 1.82) is 0 Å². The van der Waals surface area contributed by atoms with Crippen molar-refractivity contribution < 1.29 is 23.1 Å². The highest BCUT2D eigenvalue weighted by molar-refractivity contribution is 5.88. The number of carbonyl (C=O) groups is 1. The van der Waals surface area contributed by atoms with Crippen LogP contribution in [0.3, 0.4) is 0 Å². The third kappa shape index (κ3) is 3.07. The summed E-state index contributed by atoms with van der Waals surface area (Å²) >= 11 is 0. The maximum absolute atomic E-state index is 12.4. The molecule has 19 heavy (non-hydrogen) atoms. The molecule has 0 saturated carbocycles. The standard InChI is InChI=1S/C13H14F3NO2/c1-8-11-3-2-10(12(18)19)6-9(11)4-5-17(8)7-13(14,15)16/h2-3,6,8H,4-5,7H2,1H3,(H,18,19). The van der Waals surface area contributed by atoms with Crippen LogP contribution < -0.4 is 0 Å². The maximum atomic E-state index is 12.4. The van der Waals surface area contributed by atoms with Crippen LogP contribution in [0.5, 0.6) is 0 Å². The molecule has 104 valence electrons. The minimum atomic E-state index is -4.22. The first kappa shape index (κ1) is 13.9. The quantitative estimate of drug-likeness (QED) is 0.900. The molecule has 0 radical (unpaired) electrons. The summed E-state index contributed by atoms with van der Waals surface area (Å²) in [4.78, 5) is 12.2. The number of aromatic carboxylic acids is 1. The highest BCUT2D eigenvalue weighted by Gasteiger charge is 2.35. The van der Waals surface area contributed by atoms with Crippen LogP contribution in [0.4, 0.5) is 13.2 Å². The van der Waals surface area contributed by atoms with Crippen molar-refractivity contribution >= 4 is 5.97 Å². The molecular weight excluding hydrogens is 259 g/mol. The molecule has 0 fully saturated rings. The highest BCUT2D eigenvalue weighted by atomic mass is 19.4. The molecule has 1 unspecified atom stereocenters. The van der Waals surface area contributed by atoms with E-state index in [1.807, 2.05) is 0 Å². The van der Waals surface area contributed by atoms with Gasteiger partial charge in [-0.2, -0.15) is 13.2 Å². The number of hydrogen-bond donors (Lipinski definition) is 1. The monoisotopic (exact) mass is 273 g/mol. The molecule has 1 N–H and O–H groups in total. The Labute approximate surface area is 108 Å². The van der Waals surface area contributed by atoms with Gasteiger partial charge in [-0.25, -0.2) is 4.79 Å². The minimum Gasteiger partial charge on any atom is -0.478 e. The number of halogens is 3. The number of rotatable bonds is 2. The van der Waals surface area contributed by atoms with Crippen LogP contribution in [0.1, 0.15) is 34.5 Å². The lowest BCUT2D eigenvalue weighted by molar-refractivity contribution is -0.151. The summed E-state index contributed by atoms with van der Waals surface area (Å²) in [7, 11) is 0. The molecule has 1 aromatic rings. The van der Waals surface area contributed by atoms with Crippen LogP contribution in [-0.4, -0.2) is 35.2 Å². The summed E-state index contributed by atoms with van der Waals surface area (Å²) < 4.78 is 37.3. The van der Waals surface area contributed by atoms with Crippen molar-refractivity contribution in [3.8, 4) is 0 Å². The molecule has 0 aliphatic carbocycles. The van der Waals surface area contributed by atoms with Crippen molar-refractivity contribution in [3.05, 3.63) is 34.9 Å². The Morgan fingerprint density at radius 3 is 2.74 bits per heavy atom. The van der Waals surface area contributed by atoms with Gasteiger partial charge >= 0.3 is 12.1 Å². The fourth-order valence-corrected chi connectivity index (χ4v) is 2.46. The second-order valence-corrected chi connectivity index (χ2v) is 4.73. The summed E-state index contributed by atoms with van der Waals surface area (Å²) in [5, 5.41) is 8.90. The normalized spacial score (nSPS) is 20.1. The van der Waals surface area contributed by atoms with Gasteiger partial charge in [-0.15, -0.1) is 0 Å². The molecule has 3 nitrogen and oxygen atoms in total. The number of alkyl halides is 3. The van der Waals surface area contributed by atoms with Gasteiger partial charge in [-0.3, -0.25) is 4.90 Å².